The molecular formula is C14H15ClN2. The zero-order valence-electron chi connectivity index (χ0n) is 9.94. The summed E-state index contributed by atoms with van der Waals surface area (Å²) in [6.07, 6.45) is 1.85. The Morgan fingerprint density at radius 1 is 1.18 bits per heavy atom. The number of pyridine rings is 1. The zero-order chi connectivity index (χ0) is 12.4. The fourth-order valence-electron chi connectivity index (χ4n) is 1.88. The molecule has 0 fully saturated rings. The molecule has 2 nitrogen and oxygen atoms in total. The molecule has 0 aliphatic rings. The standard InChI is InChI=1S/C14H15ClN2/c1-9-7-10(2)14(17-8-9)13(16)11-3-5-12(15)6-4-11/h3-8,13H,16H2,1-2H3. The fourth-order valence-corrected chi connectivity index (χ4v) is 2.01. The second-order valence-corrected chi connectivity index (χ2v) is 4.68. The average molecular weight is 247 g/mol. The van der Waals surface area contributed by atoms with Crippen LogP contribution in [0.1, 0.15) is 28.4 Å². The van der Waals surface area contributed by atoms with E-state index >= 15 is 0 Å². The molecule has 0 radical (unpaired) electrons. The molecule has 2 N–H and O–H groups in total. The van der Waals surface area contributed by atoms with Gasteiger partial charge in [-0.05, 0) is 42.7 Å². The van der Waals surface area contributed by atoms with E-state index in [0.717, 1.165) is 27.4 Å². The van der Waals surface area contributed by atoms with Crippen molar-refractivity contribution in [2.24, 2.45) is 5.73 Å². The maximum atomic E-state index is 6.21. The number of rotatable bonds is 2. The van der Waals surface area contributed by atoms with Crippen molar-refractivity contribution in [2.75, 3.05) is 0 Å². The Bertz CT molecular complexity index is 520. The predicted octanol–water partition coefficient (Wildman–Crippen LogP) is 3.40. The lowest BCUT2D eigenvalue weighted by atomic mass is 10.0. The molecule has 0 aliphatic carbocycles. The Kier molecular flexibility index (Phi) is 3.46. The highest BCUT2D eigenvalue weighted by atomic mass is 35.5. The van der Waals surface area contributed by atoms with E-state index < -0.39 is 0 Å². The van der Waals surface area contributed by atoms with E-state index in [4.69, 9.17) is 17.3 Å². The summed E-state index contributed by atoms with van der Waals surface area (Å²) in [6.45, 7) is 4.06. The van der Waals surface area contributed by atoms with Crippen molar-refractivity contribution in [1.82, 2.24) is 4.98 Å². The molecule has 1 aromatic carbocycles. The summed E-state index contributed by atoms with van der Waals surface area (Å²) in [7, 11) is 0. The quantitative estimate of drug-likeness (QED) is 0.882. The van der Waals surface area contributed by atoms with Crippen LogP contribution in [0.3, 0.4) is 0 Å². The van der Waals surface area contributed by atoms with Gasteiger partial charge in [0, 0.05) is 11.2 Å². The number of benzene rings is 1. The lowest BCUT2D eigenvalue weighted by Crippen LogP contribution is -2.15. The molecule has 2 rings (SSSR count). The van der Waals surface area contributed by atoms with Gasteiger partial charge in [-0.25, -0.2) is 0 Å². The molecule has 1 unspecified atom stereocenters. The molecule has 88 valence electrons. The van der Waals surface area contributed by atoms with E-state index in [1.54, 1.807) is 0 Å². The van der Waals surface area contributed by atoms with Gasteiger partial charge in [-0.15, -0.1) is 0 Å². The Labute approximate surface area is 106 Å². The minimum absolute atomic E-state index is 0.201. The van der Waals surface area contributed by atoms with Crippen molar-refractivity contribution in [1.29, 1.82) is 0 Å². The van der Waals surface area contributed by atoms with Crippen LogP contribution in [0.25, 0.3) is 0 Å². The first-order valence-electron chi connectivity index (χ1n) is 5.52. The van der Waals surface area contributed by atoms with E-state index in [2.05, 4.69) is 11.1 Å². The van der Waals surface area contributed by atoms with Crippen LogP contribution in [-0.4, -0.2) is 4.98 Å². The molecule has 0 amide bonds. The molecule has 0 saturated heterocycles. The van der Waals surface area contributed by atoms with E-state index in [-0.39, 0.29) is 6.04 Å². The number of hydrogen-bond acceptors (Lipinski definition) is 2. The molecular weight excluding hydrogens is 232 g/mol. The van der Waals surface area contributed by atoms with Crippen LogP contribution >= 0.6 is 11.6 Å². The largest absolute Gasteiger partial charge is 0.319 e. The molecule has 1 heterocycles. The number of nitrogens with zero attached hydrogens (tertiary/aromatic N) is 1. The first-order chi connectivity index (χ1) is 8.08. The topological polar surface area (TPSA) is 38.9 Å². The highest BCUT2D eigenvalue weighted by Gasteiger charge is 2.12. The summed E-state index contributed by atoms with van der Waals surface area (Å²) in [4.78, 5) is 4.42. The van der Waals surface area contributed by atoms with Gasteiger partial charge in [0.1, 0.15) is 0 Å². The first-order valence-corrected chi connectivity index (χ1v) is 5.90. The van der Waals surface area contributed by atoms with Gasteiger partial charge >= 0.3 is 0 Å². The summed E-state index contributed by atoms with van der Waals surface area (Å²) in [5.74, 6) is 0. The molecule has 17 heavy (non-hydrogen) atoms. The van der Waals surface area contributed by atoms with Crippen molar-refractivity contribution >= 4 is 11.6 Å². The Morgan fingerprint density at radius 3 is 2.41 bits per heavy atom. The van der Waals surface area contributed by atoms with Crippen LogP contribution in [0.15, 0.2) is 36.5 Å². The maximum absolute atomic E-state index is 6.21. The van der Waals surface area contributed by atoms with Gasteiger partial charge in [0.05, 0.1) is 11.7 Å². The number of aryl methyl sites for hydroxylation is 2. The van der Waals surface area contributed by atoms with Gasteiger partial charge in [0.15, 0.2) is 0 Å². The van der Waals surface area contributed by atoms with Gasteiger partial charge in [-0.1, -0.05) is 29.8 Å². The van der Waals surface area contributed by atoms with Crippen LogP contribution in [0, 0.1) is 13.8 Å². The van der Waals surface area contributed by atoms with Crippen LogP contribution in [0.2, 0.25) is 5.02 Å². The number of nitrogens with two attached hydrogens (primary N) is 1. The smallest absolute Gasteiger partial charge is 0.0729 e. The summed E-state index contributed by atoms with van der Waals surface area (Å²) >= 11 is 5.86. The molecule has 1 atom stereocenters. The van der Waals surface area contributed by atoms with Crippen molar-refractivity contribution in [3.8, 4) is 0 Å². The molecule has 0 spiro atoms. The Balaban J connectivity index is 2.36. The Morgan fingerprint density at radius 2 is 1.82 bits per heavy atom. The van der Waals surface area contributed by atoms with Crippen molar-refractivity contribution in [3.05, 3.63) is 63.9 Å². The third kappa shape index (κ3) is 2.65. The summed E-state index contributed by atoms with van der Waals surface area (Å²) in [6, 6.07) is 9.47. The van der Waals surface area contributed by atoms with E-state index in [1.165, 1.54) is 0 Å². The summed E-state index contributed by atoms with van der Waals surface area (Å²) < 4.78 is 0. The second kappa shape index (κ2) is 4.86. The molecule has 3 heteroatoms. The van der Waals surface area contributed by atoms with E-state index in [1.807, 2.05) is 44.3 Å². The highest BCUT2D eigenvalue weighted by molar-refractivity contribution is 6.30. The summed E-state index contributed by atoms with van der Waals surface area (Å²) in [5, 5.41) is 0.717. The predicted molar refractivity (Wildman–Crippen MR) is 71.2 cm³/mol. The van der Waals surface area contributed by atoms with E-state index in [9.17, 15) is 0 Å². The molecule has 1 aromatic heterocycles. The van der Waals surface area contributed by atoms with Crippen LogP contribution in [0.4, 0.5) is 0 Å². The van der Waals surface area contributed by atoms with E-state index in [0.29, 0.717) is 0 Å². The lowest BCUT2D eigenvalue weighted by molar-refractivity contribution is 0.816. The summed E-state index contributed by atoms with van der Waals surface area (Å²) in [5.41, 5.74) is 10.4. The minimum Gasteiger partial charge on any atom is -0.319 e. The number of halogens is 1. The minimum atomic E-state index is -0.201. The molecule has 0 aliphatic heterocycles. The van der Waals surface area contributed by atoms with Gasteiger partial charge in [0.25, 0.3) is 0 Å². The van der Waals surface area contributed by atoms with Gasteiger partial charge in [0.2, 0.25) is 0 Å². The zero-order valence-corrected chi connectivity index (χ0v) is 10.7. The normalized spacial score (nSPS) is 12.5. The maximum Gasteiger partial charge on any atom is 0.0729 e. The Hall–Kier alpha value is -1.38. The van der Waals surface area contributed by atoms with Crippen LogP contribution < -0.4 is 5.73 Å². The average Bonchev–Trinajstić information content (AvgIpc) is 2.29. The monoisotopic (exact) mass is 246 g/mol. The third-order valence-corrected chi connectivity index (χ3v) is 3.03. The third-order valence-electron chi connectivity index (χ3n) is 2.78. The van der Waals surface area contributed by atoms with Crippen LogP contribution in [-0.2, 0) is 0 Å². The number of hydrogen-bond donors (Lipinski definition) is 1. The molecule has 0 saturated carbocycles. The molecule has 0 bridgehead atoms. The fraction of sp³-hybridized carbons (Fsp3) is 0.214. The first kappa shape index (κ1) is 12.1. The van der Waals surface area contributed by atoms with Crippen molar-refractivity contribution < 1.29 is 0 Å². The lowest BCUT2D eigenvalue weighted by Gasteiger charge is -2.14. The van der Waals surface area contributed by atoms with Gasteiger partial charge < -0.3 is 5.73 Å². The molecule has 2 aromatic rings. The highest BCUT2D eigenvalue weighted by Crippen LogP contribution is 2.22. The van der Waals surface area contributed by atoms with Gasteiger partial charge in [-0.3, -0.25) is 4.98 Å². The van der Waals surface area contributed by atoms with Gasteiger partial charge in [-0.2, -0.15) is 0 Å². The number of aromatic nitrogens is 1. The SMILES string of the molecule is Cc1cnc(C(N)c2ccc(Cl)cc2)c(C)c1. The van der Waals surface area contributed by atoms with Crippen molar-refractivity contribution in [2.45, 2.75) is 19.9 Å². The second-order valence-electron chi connectivity index (χ2n) is 4.24. The van der Waals surface area contributed by atoms with Crippen molar-refractivity contribution in [3.63, 3.8) is 0 Å². The van der Waals surface area contributed by atoms with Crippen LogP contribution in [0.5, 0.6) is 0 Å².